The van der Waals surface area contributed by atoms with Gasteiger partial charge in [-0.3, -0.25) is 9.59 Å². The van der Waals surface area contributed by atoms with Gasteiger partial charge >= 0.3 is 0 Å². The van der Waals surface area contributed by atoms with Gasteiger partial charge in [0.2, 0.25) is 11.8 Å². The number of rotatable bonds is 7. The zero-order valence-corrected chi connectivity index (χ0v) is 20.5. The van der Waals surface area contributed by atoms with Gasteiger partial charge in [0.25, 0.3) is 10.0 Å². The standard InChI is InChI=1S/C25H23F5N2O4S/c1-25-8-2-3-15(24(25)32(23(34)12-25)13-14-4-6-16(26)17(27)9-14)5-7-22(33)31-37(35,36)21-11-19(29)18(28)10-20(21)30/h4,6,9-11H,2-3,5,7-8,12-13H2,1H3,(H,31,33). The first-order valence-electron chi connectivity index (χ1n) is 11.5. The van der Waals surface area contributed by atoms with E-state index in [1.807, 2.05) is 6.92 Å². The molecule has 0 radical (unpaired) electrons. The zero-order valence-electron chi connectivity index (χ0n) is 19.7. The summed E-state index contributed by atoms with van der Waals surface area (Å²) in [7, 11) is -4.81. The molecule has 37 heavy (non-hydrogen) atoms. The van der Waals surface area contributed by atoms with Crippen LogP contribution in [0.4, 0.5) is 22.0 Å². The van der Waals surface area contributed by atoms with E-state index in [4.69, 9.17) is 0 Å². The monoisotopic (exact) mass is 542 g/mol. The Kier molecular flexibility index (Phi) is 7.15. The van der Waals surface area contributed by atoms with Crippen molar-refractivity contribution in [3.8, 4) is 0 Å². The van der Waals surface area contributed by atoms with Crippen molar-refractivity contribution in [3.05, 3.63) is 76.3 Å². The number of amides is 2. The number of benzene rings is 2. The average molecular weight is 543 g/mol. The minimum Gasteiger partial charge on any atom is -0.311 e. The van der Waals surface area contributed by atoms with Crippen LogP contribution in [-0.2, 0) is 26.2 Å². The van der Waals surface area contributed by atoms with Crippen LogP contribution in [0.2, 0.25) is 0 Å². The van der Waals surface area contributed by atoms with Crippen molar-refractivity contribution in [1.29, 1.82) is 0 Å². The molecule has 1 aliphatic carbocycles. The summed E-state index contributed by atoms with van der Waals surface area (Å²) < 4.78 is 94.0. The van der Waals surface area contributed by atoms with Gasteiger partial charge in [0.1, 0.15) is 10.7 Å². The number of hydrogen-bond acceptors (Lipinski definition) is 4. The van der Waals surface area contributed by atoms with Crippen LogP contribution >= 0.6 is 0 Å². The Hall–Kier alpha value is -3.28. The molecule has 2 aromatic carbocycles. The number of sulfonamides is 1. The number of hydrogen-bond donors (Lipinski definition) is 1. The molecule has 1 saturated heterocycles. The highest BCUT2D eigenvalue weighted by molar-refractivity contribution is 7.90. The second kappa shape index (κ2) is 9.88. The largest absolute Gasteiger partial charge is 0.311 e. The first kappa shape index (κ1) is 26.8. The summed E-state index contributed by atoms with van der Waals surface area (Å²) in [6, 6.07) is 3.58. The van der Waals surface area contributed by atoms with Crippen molar-refractivity contribution in [2.45, 2.75) is 56.9 Å². The summed E-state index contributed by atoms with van der Waals surface area (Å²) in [5, 5.41) is 0. The third-order valence-electron chi connectivity index (χ3n) is 6.72. The summed E-state index contributed by atoms with van der Waals surface area (Å²) in [6.07, 6.45) is 1.89. The maximum atomic E-state index is 13.9. The van der Waals surface area contributed by atoms with Crippen LogP contribution in [0.3, 0.4) is 0 Å². The van der Waals surface area contributed by atoms with Crippen molar-refractivity contribution >= 4 is 21.8 Å². The number of carbonyl (C=O) groups excluding carboxylic acids is 2. The lowest BCUT2D eigenvalue weighted by molar-refractivity contribution is -0.127. The quantitative estimate of drug-likeness (QED) is 0.401. The predicted molar refractivity (Wildman–Crippen MR) is 121 cm³/mol. The number of halogens is 5. The Morgan fingerprint density at radius 1 is 1.00 bits per heavy atom. The molecule has 1 N–H and O–H groups in total. The first-order chi connectivity index (χ1) is 17.3. The summed E-state index contributed by atoms with van der Waals surface area (Å²) in [6.45, 7) is 1.90. The number of nitrogens with one attached hydrogen (secondary N) is 1. The lowest BCUT2D eigenvalue weighted by Gasteiger charge is -2.35. The van der Waals surface area contributed by atoms with Crippen molar-refractivity contribution in [1.82, 2.24) is 9.62 Å². The zero-order chi connectivity index (χ0) is 27.1. The number of allylic oxidation sites excluding steroid dienone is 2. The third-order valence-corrected chi connectivity index (χ3v) is 8.11. The predicted octanol–water partition coefficient (Wildman–Crippen LogP) is 4.84. The maximum Gasteiger partial charge on any atom is 0.267 e. The van der Waals surface area contributed by atoms with Crippen LogP contribution in [0.25, 0.3) is 0 Å². The van der Waals surface area contributed by atoms with Crippen LogP contribution in [0, 0.1) is 34.5 Å². The second-order valence-corrected chi connectivity index (χ2v) is 11.1. The van der Waals surface area contributed by atoms with E-state index in [1.165, 1.54) is 11.0 Å². The highest BCUT2D eigenvalue weighted by Gasteiger charge is 2.47. The topological polar surface area (TPSA) is 83.6 Å². The van der Waals surface area contributed by atoms with Gasteiger partial charge in [-0.15, -0.1) is 0 Å². The Balaban J connectivity index is 1.54. The lowest BCUT2D eigenvalue weighted by Crippen LogP contribution is -2.32. The Bertz CT molecular complexity index is 1430. The minimum absolute atomic E-state index is 0.000437. The smallest absolute Gasteiger partial charge is 0.267 e. The lowest BCUT2D eigenvalue weighted by atomic mass is 9.74. The third kappa shape index (κ3) is 5.39. The number of nitrogens with zero attached hydrogens (tertiary/aromatic N) is 1. The molecule has 0 saturated carbocycles. The molecule has 1 fully saturated rings. The van der Waals surface area contributed by atoms with Gasteiger partial charge in [-0.1, -0.05) is 13.0 Å². The molecule has 0 aromatic heterocycles. The van der Waals surface area contributed by atoms with Crippen molar-refractivity contribution < 1.29 is 40.0 Å². The molecule has 1 unspecified atom stereocenters. The molecule has 2 amide bonds. The molecule has 2 aromatic rings. The van der Waals surface area contributed by atoms with Crippen LogP contribution in [0.1, 0.15) is 51.0 Å². The highest BCUT2D eigenvalue weighted by Crippen LogP contribution is 2.51. The maximum absolute atomic E-state index is 13.9. The van der Waals surface area contributed by atoms with Crippen molar-refractivity contribution in [3.63, 3.8) is 0 Å². The van der Waals surface area contributed by atoms with Crippen LogP contribution in [0.5, 0.6) is 0 Å². The van der Waals surface area contributed by atoms with Gasteiger partial charge in [0, 0.05) is 36.1 Å². The molecule has 0 bridgehead atoms. The fraction of sp³-hybridized carbons (Fsp3) is 0.360. The van der Waals surface area contributed by atoms with Gasteiger partial charge < -0.3 is 4.90 Å². The molecular weight excluding hydrogens is 519 g/mol. The summed E-state index contributed by atoms with van der Waals surface area (Å²) in [4.78, 5) is 25.6. The van der Waals surface area contributed by atoms with E-state index in [9.17, 15) is 40.0 Å². The minimum atomic E-state index is -4.81. The first-order valence-corrected chi connectivity index (χ1v) is 13.0. The number of fused-ring (bicyclic) bond motifs is 1. The van der Waals surface area contributed by atoms with E-state index >= 15 is 0 Å². The summed E-state index contributed by atoms with van der Waals surface area (Å²) >= 11 is 0. The van der Waals surface area contributed by atoms with E-state index in [0.29, 0.717) is 24.1 Å². The molecule has 12 heteroatoms. The van der Waals surface area contributed by atoms with E-state index in [2.05, 4.69) is 0 Å². The number of likely N-dealkylation sites (tertiary alicyclic amines) is 1. The summed E-state index contributed by atoms with van der Waals surface area (Å²) in [5.41, 5.74) is 1.27. The second-order valence-electron chi connectivity index (χ2n) is 9.50. The van der Waals surface area contributed by atoms with E-state index in [0.717, 1.165) is 24.1 Å². The molecule has 1 atom stereocenters. The SMILES string of the molecule is CC12CCCC(CCC(=O)NS(=O)(=O)c3cc(F)c(F)cc3F)=C1N(Cc1ccc(F)c(F)c1)C(=O)C2. The fourth-order valence-corrected chi connectivity index (χ4v) is 6.15. The molecule has 1 heterocycles. The van der Waals surface area contributed by atoms with Crippen LogP contribution in [0.15, 0.2) is 46.5 Å². The van der Waals surface area contributed by atoms with Crippen molar-refractivity contribution in [2.75, 3.05) is 0 Å². The van der Waals surface area contributed by atoms with Crippen LogP contribution in [-0.4, -0.2) is 25.1 Å². The van der Waals surface area contributed by atoms with Gasteiger partial charge in [0.15, 0.2) is 23.3 Å². The van der Waals surface area contributed by atoms with E-state index in [1.54, 1.807) is 4.72 Å². The normalized spacial score (nSPS) is 19.8. The van der Waals surface area contributed by atoms with Gasteiger partial charge in [-0.05, 0) is 49.0 Å². The average Bonchev–Trinajstić information content (AvgIpc) is 3.06. The van der Waals surface area contributed by atoms with E-state index in [-0.39, 0.29) is 43.8 Å². The molecule has 4 rings (SSSR count). The Labute approximate surface area is 210 Å². The molecule has 0 spiro atoms. The van der Waals surface area contributed by atoms with E-state index < -0.39 is 55.3 Å². The van der Waals surface area contributed by atoms with Gasteiger partial charge in [0.05, 0.1) is 6.54 Å². The van der Waals surface area contributed by atoms with Crippen molar-refractivity contribution in [2.24, 2.45) is 5.41 Å². The van der Waals surface area contributed by atoms with Crippen LogP contribution < -0.4 is 4.72 Å². The Morgan fingerprint density at radius 2 is 1.68 bits per heavy atom. The molecule has 6 nitrogen and oxygen atoms in total. The molecule has 198 valence electrons. The van der Waals surface area contributed by atoms with Gasteiger partial charge in [-0.25, -0.2) is 35.1 Å². The highest BCUT2D eigenvalue weighted by atomic mass is 32.2. The molecular formula is C25H23F5N2O4S. The molecule has 1 aliphatic heterocycles. The Morgan fingerprint density at radius 3 is 2.38 bits per heavy atom. The van der Waals surface area contributed by atoms with Gasteiger partial charge in [-0.2, -0.15) is 0 Å². The number of carbonyl (C=O) groups is 2. The fourth-order valence-electron chi connectivity index (χ4n) is 5.06. The summed E-state index contributed by atoms with van der Waals surface area (Å²) in [5.74, 6) is -7.97. The molecule has 2 aliphatic rings.